The number of para-hydroxylation sites is 2. The second kappa shape index (κ2) is 9.86. The molecule has 0 atom stereocenters. The SMILES string of the molecule is O=c1c2ccccc2nc(C2CCCCC2)n1N=Cc1cn(Cc2ccc(Br)cc2)c2ccccc12. The fraction of sp³-hybridized carbons (Fsp3) is 0.233. The van der Waals surface area contributed by atoms with E-state index in [-0.39, 0.29) is 11.5 Å². The van der Waals surface area contributed by atoms with Crippen LogP contribution in [0, 0.1) is 0 Å². The summed E-state index contributed by atoms with van der Waals surface area (Å²) >= 11 is 3.52. The van der Waals surface area contributed by atoms with Gasteiger partial charge in [-0.3, -0.25) is 4.79 Å². The molecule has 180 valence electrons. The van der Waals surface area contributed by atoms with Gasteiger partial charge in [-0.15, -0.1) is 0 Å². The maximum atomic E-state index is 13.6. The van der Waals surface area contributed by atoms with E-state index in [1.165, 1.54) is 24.8 Å². The van der Waals surface area contributed by atoms with Crippen LogP contribution < -0.4 is 5.56 Å². The van der Waals surface area contributed by atoms with E-state index in [1.807, 2.05) is 36.5 Å². The third kappa shape index (κ3) is 4.42. The highest BCUT2D eigenvalue weighted by atomic mass is 79.9. The van der Waals surface area contributed by atoms with Crippen molar-refractivity contribution in [2.24, 2.45) is 5.10 Å². The molecule has 2 aromatic heterocycles. The Labute approximate surface area is 218 Å². The molecule has 6 heteroatoms. The van der Waals surface area contributed by atoms with Crippen LogP contribution in [-0.4, -0.2) is 20.4 Å². The lowest BCUT2D eigenvalue weighted by Gasteiger charge is -2.22. The Balaban J connectivity index is 1.44. The largest absolute Gasteiger partial charge is 0.342 e. The topological polar surface area (TPSA) is 52.2 Å². The fourth-order valence-electron chi connectivity index (χ4n) is 5.29. The molecule has 1 aliphatic carbocycles. The standard InChI is InChI=1S/C30H27BrN4O/c31-24-16-14-21(15-17-24)19-34-20-23(25-10-5-7-13-28(25)34)18-32-35-29(22-8-2-1-3-9-22)33-27-12-6-4-11-26(27)30(35)36/h4-7,10-18,20,22H,1-3,8-9,19H2. The van der Waals surface area contributed by atoms with Gasteiger partial charge in [0.1, 0.15) is 5.82 Å². The summed E-state index contributed by atoms with van der Waals surface area (Å²) in [6.45, 7) is 0.756. The maximum absolute atomic E-state index is 13.6. The van der Waals surface area contributed by atoms with E-state index in [9.17, 15) is 4.79 Å². The molecule has 2 heterocycles. The Bertz CT molecular complexity index is 1630. The molecule has 1 fully saturated rings. The first-order valence-corrected chi connectivity index (χ1v) is 13.3. The van der Waals surface area contributed by atoms with Gasteiger partial charge in [0.2, 0.25) is 0 Å². The second-order valence-electron chi connectivity index (χ2n) is 9.54. The summed E-state index contributed by atoms with van der Waals surface area (Å²) in [7, 11) is 0. The minimum atomic E-state index is -0.101. The molecular formula is C30H27BrN4O. The minimum absolute atomic E-state index is 0.101. The van der Waals surface area contributed by atoms with Gasteiger partial charge in [-0.1, -0.05) is 77.7 Å². The Kier molecular flexibility index (Phi) is 6.28. The van der Waals surface area contributed by atoms with E-state index in [1.54, 1.807) is 4.68 Å². The highest BCUT2D eigenvalue weighted by Crippen LogP contribution is 2.32. The number of hydrogen-bond acceptors (Lipinski definition) is 3. The van der Waals surface area contributed by atoms with Crippen LogP contribution in [0.4, 0.5) is 0 Å². The normalized spacial score (nSPS) is 14.8. The van der Waals surface area contributed by atoms with Crippen molar-refractivity contribution >= 4 is 44.0 Å². The molecule has 1 aliphatic rings. The molecular weight excluding hydrogens is 512 g/mol. The van der Waals surface area contributed by atoms with Crippen molar-refractivity contribution in [1.29, 1.82) is 0 Å². The van der Waals surface area contributed by atoms with Crippen molar-refractivity contribution < 1.29 is 0 Å². The Morgan fingerprint density at radius 2 is 1.64 bits per heavy atom. The highest BCUT2D eigenvalue weighted by molar-refractivity contribution is 9.10. The molecule has 6 rings (SSSR count). The third-order valence-corrected chi connectivity index (χ3v) is 7.68. The van der Waals surface area contributed by atoms with Crippen LogP contribution in [0.25, 0.3) is 21.8 Å². The van der Waals surface area contributed by atoms with E-state index in [4.69, 9.17) is 10.1 Å². The van der Waals surface area contributed by atoms with Crippen molar-refractivity contribution in [3.05, 3.63) is 111 Å². The van der Waals surface area contributed by atoms with Crippen LogP contribution in [-0.2, 0) is 6.54 Å². The molecule has 0 aliphatic heterocycles. The number of rotatable bonds is 5. The first-order chi connectivity index (χ1) is 17.7. The van der Waals surface area contributed by atoms with E-state index in [0.29, 0.717) is 5.39 Å². The average molecular weight is 539 g/mol. The predicted octanol–water partition coefficient (Wildman–Crippen LogP) is 7.09. The minimum Gasteiger partial charge on any atom is -0.342 e. The first kappa shape index (κ1) is 22.9. The molecule has 0 bridgehead atoms. The summed E-state index contributed by atoms with van der Waals surface area (Å²) in [4.78, 5) is 18.5. The molecule has 0 unspecified atom stereocenters. The van der Waals surface area contributed by atoms with Crippen molar-refractivity contribution in [3.8, 4) is 0 Å². The zero-order valence-corrected chi connectivity index (χ0v) is 21.6. The van der Waals surface area contributed by atoms with Gasteiger partial charge < -0.3 is 4.57 Å². The van der Waals surface area contributed by atoms with E-state index >= 15 is 0 Å². The van der Waals surface area contributed by atoms with Gasteiger partial charge in [0.15, 0.2) is 0 Å². The maximum Gasteiger partial charge on any atom is 0.282 e. The van der Waals surface area contributed by atoms with Crippen molar-refractivity contribution in [2.45, 2.75) is 44.6 Å². The van der Waals surface area contributed by atoms with Gasteiger partial charge >= 0.3 is 0 Å². The lowest BCUT2D eigenvalue weighted by Crippen LogP contribution is -2.25. The molecule has 5 aromatic rings. The van der Waals surface area contributed by atoms with Gasteiger partial charge in [-0.25, -0.2) is 4.98 Å². The van der Waals surface area contributed by atoms with Gasteiger partial charge in [0.25, 0.3) is 5.56 Å². The van der Waals surface area contributed by atoms with E-state index in [0.717, 1.165) is 51.7 Å². The number of fused-ring (bicyclic) bond motifs is 2. The van der Waals surface area contributed by atoms with Crippen LogP contribution in [0.2, 0.25) is 0 Å². The first-order valence-electron chi connectivity index (χ1n) is 12.6. The van der Waals surface area contributed by atoms with Gasteiger partial charge in [-0.2, -0.15) is 9.78 Å². The molecule has 0 amide bonds. The second-order valence-corrected chi connectivity index (χ2v) is 10.5. The molecule has 3 aromatic carbocycles. The van der Waals surface area contributed by atoms with Crippen molar-refractivity contribution in [1.82, 2.24) is 14.2 Å². The van der Waals surface area contributed by atoms with Crippen LogP contribution in [0.15, 0.2) is 93.4 Å². The zero-order chi connectivity index (χ0) is 24.5. The summed E-state index contributed by atoms with van der Waals surface area (Å²) in [6, 6.07) is 24.3. The number of halogens is 1. The third-order valence-electron chi connectivity index (χ3n) is 7.15. The summed E-state index contributed by atoms with van der Waals surface area (Å²) in [5, 5.41) is 6.49. The summed E-state index contributed by atoms with van der Waals surface area (Å²) in [6.07, 6.45) is 9.62. The number of nitrogens with zero attached hydrogens (tertiary/aromatic N) is 4. The fourth-order valence-corrected chi connectivity index (χ4v) is 5.56. The lowest BCUT2D eigenvalue weighted by molar-refractivity contribution is 0.416. The summed E-state index contributed by atoms with van der Waals surface area (Å²) in [5.74, 6) is 1.04. The summed E-state index contributed by atoms with van der Waals surface area (Å²) < 4.78 is 4.86. The van der Waals surface area contributed by atoms with Crippen molar-refractivity contribution in [3.63, 3.8) is 0 Å². The Hall–Kier alpha value is -3.51. The van der Waals surface area contributed by atoms with Gasteiger partial charge in [0, 0.05) is 39.6 Å². The van der Waals surface area contributed by atoms with Crippen LogP contribution >= 0.6 is 15.9 Å². The lowest BCUT2D eigenvalue weighted by atomic mass is 9.88. The monoisotopic (exact) mass is 538 g/mol. The Morgan fingerprint density at radius 1 is 0.917 bits per heavy atom. The molecule has 0 saturated heterocycles. The highest BCUT2D eigenvalue weighted by Gasteiger charge is 2.22. The average Bonchev–Trinajstić information content (AvgIpc) is 3.27. The van der Waals surface area contributed by atoms with Gasteiger partial charge in [0.05, 0.1) is 17.1 Å². The smallest absolute Gasteiger partial charge is 0.282 e. The molecule has 0 N–H and O–H groups in total. The summed E-state index contributed by atoms with van der Waals surface area (Å²) in [5.41, 5.74) is 3.99. The number of hydrogen-bond donors (Lipinski definition) is 0. The molecule has 5 nitrogen and oxygen atoms in total. The molecule has 1 saturated carbocycles. The molecule has 0 radical (unpaired) electrons. The number of aromatic nitrogens is 3. The molecule has 0 spiro atoms. The predicted molar refractivity (Wildman–Crippen MR) is 150 cm³/mol. The van der Waals surface area contributed by atoms with E-state index in [2.05, 4.69) is 69.2 Å². The molecule has 36 heavy (non-hydrogen) atoms. The zero-order valence-electron chi connectivity index (χ0n) is 20.0. The van der Waals surface area contributed by atoms with E-state index < -0.39 is 0 Å². The van der Waals surface area contributed by atoms with Crippen LogP contribution in [0.3, 0.4) is 0 Å². The van der Waals surface area contributed by atoms with Gasteiger partial charge in [-0.05, 0) is 48.7 Å². The number of benzene rings is 3. The quantitative estimate of drug-likeness (QED) is 0.224. The van der Waals surface area contributed by atoms with Crippen LogP contribution in [0.1, 0.15) is 55.0 Å². The Morgan fingerprint density at radius 3 is 2.44 bits per heavy atom. The van der Waals surface area contributed by atoms with Crippen molar-refractivity contribution in [2.75, 3.05) is 0 Å². The van der Waals surface area contributed by atoms with Crippen LogP contribution in [0.5, 0.6) is 0 Å².